The molecule has 1 aromatic heterocycles. The van der Waals surface area contributed by atoms with Crippen LogP contribution in [0.4, 0.5) is 17.1 Å². The van der Waals surface area contributed by atoms with E-state index in [9.17, 15) is 0 Å². The highest BCUT2D eigenvalue weighted by Gasteiger charge is 2.38. The standard InChI is InChI=1S/C60H45NO/c1-59(2)53-16-10-8-14-47(53)49-32-28-45(36-55(49)59)61(46-29-33-50-48-30-24-42(38-12-6-5-7-13-38)34-54(48)60(3,4)56(50)37-46)44-26-22-40(23-27-44)39-18-20-41(21-19-39)43-25-31-52-51-15-9-11-17-57(51)62-58(52)35-43/h5-37H,1-4H3. The van der Waals surface area contributed by atoms with Gasteiger partial charge in [0.25, 0.3) is 0 Å². The van der Waals surface area contributed by atoms with Crippen molar-refractivity contribution in [3.05, 3.63) is 222 Å². The lowest BCUT2D eigenvalue weighted by molar-refractivity contribution is 0.660. The number of furan rings is 1. The summed E-state index contributed by atoms with van der Waals surface area (Å²) in [7, 11) is 0. The molecular weight excluding hydrogens is 751 g/mol. The lowest BCUT2D eigenvalue weighted by Gasteiger charge is -2.30. The van der Waals surface area contributed by atoms with Gasteiger partial charge in [0.2, 0.25) is 0 Å². The van der Waals surface area contributed by atoms with Crippen molar-refractivity contribution in [2.75, 3.05) is 4.90 Å². The minimum absolute atomic E-state index is 0.112. The average molecular weight is 796 g/mol. The maximum atomic E-state index is 6.21. The maximum absolute atomic E-state index is 6.21. The normalized spacial score (nSPS) is 14.1. The van der Waals surface area contributed by atoms with E-state index < -0.39 is 0 Å². The second-order valence-corrected chi connectivity index (χ2v) is 18.2. The predicted molar refractivity (Wildman–Crippen MR) is 260 cm³/mol. The molecule has 0 N–H and O–H groups in total. The first kappa shape index (κ1) is 36.4. The third-order valence-corrected chi connectivity index (χ3v) is 13.9. The Labute approximate surface area is 363 Å². The van der Waals surface area contributed by atoms with Crippen molar-refractivity contribution in [3.8, 4) is 55.6 Å². The van der Waals surface area contributed by atoms with Crippen molar-refractivity contribution in [3.63, 3.8) is 0 Å². The smallest absolute Gasteiger partial charge is 0.136 e. The Kier molecular flexibility index (Phi) is 7.96. The van der Waals surface area contributed by atoms with E-state index >= 15 is 0 Å². The molecule has 0 atom stereocenters. The maximum Gasteiger partial charge on any atom is 0.136 e. The lowest BCUT2D eigenvalue weighted by Crippen LogP contribution is -2.18. The number of benzene rings is 9. The minimum atomic E-state index is -0.174. The van der Waals surface area contributed by atoms with Crippen LogP contribution in [0.1, 0.15) is 49.9 Å². The van der Waals surface area contributed by atoms with Crippen LogP contribution in [0.2, 0.25) is 0 Å². The largest absolute Gasteiger partial charge is 0.456 e. The van der Waals surface area contributed by atoms with Crippen LogP contribution in [0.15, 0.2) is 205 Å². The number of anilines is 3. The molecule has 2 aliphatic rings. The molecule has 0 fully saturated rings. The van der Waals surface area contributed by atoms with Gasteiger partial charge in [0.05, 0.1) is 0 Å². The molecule has 2 heteroatoms. The third kappa shape index (κ3) is 5.56. The Bertz CT molecular complexity index is 3390. The SMILES string of the molecule is CC1(C)c2ccccc2-c2ccc(N(c3ccc(-c4ccc(-c5ccc6c(c5)oc5ccccc56)cc4)cc3)c3ccc4c(c3)C(C)(C)c3cc(-c5ccccc5)ccc3-4)cc21. The van der Waals surface area contributed by atoms with E-state index in [4.69, 9.17) is 4.42 Å². The fourth-order valence-electron chi connectivity index (χ4n) is 10.5. The Morgan fingerprint density at radius 2 is 0.742 bits per heavy atom. The van der Waals surface area contributed by atoms with E-state index in [-0.39, 0.29) is 10.8 Å². The zero-order valence-electron chi connectivity index (χ0n) is 35.4. The van der Waals surface area contributed by atoms with Crippen LogP contribution in [0, 0.1) is 0 Å². The number of fused-ring (bicyclic) bond motifs is 9. The summed E-state index contributed by atoms with van der Waals surface area (Å²) in [6, 6.07) is 73.6. The summed E-state index contributed by atoms with van der Waals surface area (Å²) in [5.74, 6) is 0. The highest BCUT2D eigenvalue weighted by Crippen LogP contribution is 2.53. The molecule has 0 unspecified atom stereocenters. The van der Waals surface area contributed by atoms with E-state index in [1.165, 1.54) is 72.3 Å². The van der Waals surface area contributed by atoms with Crippen LogP contribution in [0.5, 0.6) is 0 Å². The first-order valence-electron chi connectivity index (χ1n) is 21.7. The average Bonchev–Trinajstić information content (AvgIpc) is 3.88. The lowest BCUT2D eigenvalue weighted by atomic mass is 9.81. The van der Waals surface area contributed by atoms with Gasteiger partial charge in [-0.05, 0) is 139 Å². The van der Waals surface area contributed by atoms with Crippen molar-refractivity contribution in [2.45, 2.75) is 38.5 Å². The minimum Gasteiger partial charge on any atom is -0.456 e. The molecule has 0 radical (unpaired) electrons. The van der Waals surface area contributed by atoms with Crippen molar-refractivity contribution >= 4 is 39.0 Å². The zero-order chi connectivity index (χ0) is 41.7. The number of hydrogen-bond donors (Lipinski definition) is 0. The quantitative estimate of drug-likeness (QED) is 0.167. The molecule has 0 amide bonds. The van der Waals surface area contributed by atoms with Crippen molar-refractivity contribution in [1.29, 1.82) is 0 Å². The van der Waals surface area contributed by atoms with Crippen molar-refractivity contribution in [2.24, 2.45) is 0 Å². The molecule has 12 rings (SSSR count). The van der Waals surface area contributed by atoms with Gasteiger partial charge in [0.15, 0.2) is 0 Å². The van der Waals surface area contributed by atoms with Crippen molar-refractivity contribution in [1.82, 2.24) is 0 Å². The molecule has 296 valence electrons. The number of para-hydroxylation sites is 1. The third-order valence-electron chi connectivity index (χ3n) is 13.9. The Hall–Kier alpha value is -7.42. The van der Waals surface area contributed by atoms with Crippen LogP contribution < -0.4 is 4.90 Å². The Morgan fingerprint density at radius 1 is 0.306 bits per heavy atom. The number of rotatable bonds is 6. The van der Waals surface area contributed by atoms with E-state index in [1.54, 1.807) is 0 Å². The van der Waals surface area contributed by atoms with Gasteiger partial charge < -0.3 is 9.32 Å². The van der Waals surface area contributed by atoms with Gasteiger partial charge in [0, 0.05) is 38.7 Å². The molecule has 0 saturated heterocycles. The van der Waals surface area contributed by atoms with Crippen LogP contribution in [0.25, 0.3) is 77.6 Å². The summed E-state index contributed by atoms with van der Waals surface area (Å²) in [5.41, 5.74) is 22.9. The molecule has 1 heterocycles. The van der Waals surface area contributed by atoms with Gasteiger partial charge in [-0.15, -0.1) is 0 Å². The molecule has 10 aromatic rings. The van der Waals surface area contributed by atoms with Crippen LogP contribution >= 0.6 is 0 Å². The molecule has 0 aliphatic heterocycles. The van der Waals surface area contributed by atoms with E-state index in [2.05, 4.69) is 221 Å². The Balaban J connectivity index is 0.921. The van der Waals surface area contributed by atoms with Crippen LogP contribution in [-0.2, 0) is 10.8 Å². The summed E-state index contributed by atoms with van der Waals surface area (Å²) in [4.78, 5) is 2.45. The number of hydrogen-bond acceptors (Lipinski definition) is 2. The van der Waals surface area contributed by atoms with Gasteiger partial charge in [-0.2, -0.15) is 0 Å². The summed E-state index contributed by atoms with van der Waals surface area (Å²) in [5, 5.41) is 2.30. The van der Waals surface area contributed by atoms with Gasteiger partial charge in [-0.3, -0.25) is 0 Å². The second kappa shape index (κ2) is 13.5. The molecule has 2 nitrogen and oxygen atoms in total. The van der Waals surface area contributed by atoms with E-state index in [1.807, 2.05) is 12.1 Å². The zero-order valence-corrected chi connectivity index (χ0v) is 35.4. The molecule has 0 spiro atoms. The van der Waals surface area contributed by atoms with Crippen LogP contribution in [-0.4, -0.2) is 0 Å². The van der Waals surface area contributed by atoms with Crippen molar-refractivity contribution < 1.29 is 4.42 Å². The van der Waals surface area contributed by atoms with Gasteiger partial charge in [0.1, 0.15) is 11.2 Å². The topological polar surface area (TPSA) is 16.4 Å². The fourth-order valence-corrected chi connectivity index (χ4v) is 10.5. The summed E-state index contributed by atoms with van der Waals surface area (Å²) >= 11 is 0. The van der Waals surface area contributed by atoms with E-state index in [0.717, 1.165) is 44.6 Å². The highest BCUT2D eigenvalue weighted by atomic mass is 16.3. The molecule has 62 heavy (non-hydrogen) atoms. The molecule has 2 aliphatic carbocycles. The predicted octanol–water partition coefficient (Wildman–Crippen LogP) is 16.7. The molecular formula is C60H45NO. The summed E-state index contributed by atoms with van der Waals surface area (Å²) < 4.78 is 6.21. The Morgan fingerprint density at radius 3 is 1.44 bits per heavy atom. The first-order valence-corrected chi connectivity index (χ1v) is 21.7. The first-order chi connectivity index (χ1) is 30.2. The van der Waals surface area contributed by atoms with Gasteiger partial charge >= 0.3 is 0 Å². The summed E-state index contributed by atoms with van der Waals surface area (Å²) in [6.07, 6.45) is 0. The summed E-state index contributed by atoms with van der Waals surface area (Å²) in [6.45, 7) is 9.49. The monoisotopic (exact) mass is 795 g/mol. The molecule has 0 bridgehead atoms. The highest BCUT2D eigenvalue weighted by molar-refractivity contribution is 6.06. The second-order valence-electron chi connectivity index (χ2n) is 18.2. The van der Waals surface area contributed by atoms with E-state index in [0.29, 0.717) is 0 Å². The molecule has 0 saturated carbocycles. The van der Waals surface area contributed by atoms with Crippen LogP contribution in [0.3, 0.4) is 0 Å². The fraction of sp³-hybridized carbons (Fsp3) is 0.100. The number of nitrogens with zero attached hydrogens (tertiary/aromatic N) is 1. The van der Waals surface area contributed by atoms with Gasteiger partial charge in [-0.25, -0.2) is 0 Å². The molecule has 9 aromatic carbocycles. The van der Waals surface area contributed by atoms with Gasteiger partial charge in [-0.1, -0.05) is 167 Å².